The van der Waals surface area contributed by atoms with Gasteiger partial charge in [0.1, 0.15) is 6.10 Å². The maximum absolute atomic E-state index is 11.6. The van der Waals surface area contributed by atoms with Gasteiger partial charge in [-0.05, 0) is 13.3 Å². The summed E-state index contributed by atoms with van der Waals surface area (Å²) in [5.41, 5.74) is 6.41. The lowest BCUT2D eigenvalue weighted by Crippen LogP contribution is -2.35. The van der Waals surface area contributed by atoms with E-state index in [4.69, 9.17) is 10.5 Å². The summed E-state index contributed by atoms with van der Waals surface area (Å²) >= 11 is 1.47. The highest BCUT2D eigenvalue weighted by atomic mass is 35.5. The summed E-state index contributed by atoms with van der Waals surface area (Å²) in [6, 6.07) is 0. The van der Waals surface area contributed by atoms with Crippen LogP contribution in [0.5, 0.6) is 0 Å². The maximum Gasteiger partial charge on any atom is 0.256 e. The van der Waals surface area contributed by atoms with Crippen LogP contribution in [-0.2, 0) is 16.0 Å². The van der Waals surface area contributed by atoms with E-state index in [1.165, 1.54) is 18.4 Å². The lowest BCUT2D eigenvalue weighted by molar-refractivity contribution is -0.125. The summed E-state index contributed by atoms with van der Waals surface area (Å²) in [5.74, 6) is -0.249. The fraction of sp³-hybridized carbons (Fsp3) is 0.600. The topological polar surface area (TPSA) is 77.2 Å². The van der Waals surface area contributed by atoms with Crippen molar-refractivity contribution in [3.63, 3.8) is 0 Å². The molecule has 1 aromatic heterocycles. The van der Waals surface area contributed by atoms with Gasteiger partial charge in [0.25, 0.3) is 5.91 Å². The average molecular weight is 280 g/mol. The summed E-state index contributed by atoms with van der Waals surface area (Å²) in [6.45, 7) is 4.18. The van der Waals surface area contributed by atoms with Crippen molar-refractivity contribution in [2.24, 2.45) is 5.73 Å². The quantitative estimate of drug-likeness (QED) is 0.853. The number of rotatable bonds is 5. The molecule has 0 spiro atoms. The van der Waals surface area contributed by atoms with Crippen LogP contribution < -0.4 is 11.1 Å². The molecule has 7 heteroatoms. The molecular formula is C10H18ClN3O2S. The first-order valence-electron chi connectivity index (χ1n) is 5.12. The first kappa shape index (κ1) is 16.3. The Morgan fingerprint density at radius 3 is 2.71 bits per heavy atom. The number of aryl methyl sites for hydroxylation is 2. The number of hydrogen-bond donors (Lipinski definition) is 2. The zero-order valence-corrected chi connectivity index (χ0v) is 11.8. The Kier molecular flexibility index (Phi) is 7.29. The zero-order chi connectivity index (χ0) is 12.1. The molecule has 0 radical (unpaired) electrons. The highest BCUT2D eigenvalue weighted by Crippen LogP contribution is 2.22. The number of methoxy groups -OCH3 is 1. The standard InChI is InChI=1S/C10H17N3O2S.ClH/c1-4-7-6(2)16-10(12-7)13-9(14)8(5-11)15-3;/h8H,4-5,11H2,1-3H3,(H,12,13,14);1H. The van der Waals surface area contributed by atoms with Gasteiger partial charge >= 0.3 is 0 Å². The van der Waals surface area contributed by atoms with Crippen LogP contribution in [0.1, 0.15) is 17.5 Å². The van der Waals surface area contributed by atoms with Crippen LogP contribution >= 0.6 is 23.7 Å². The Balaban J connectivity index is 0.00000256. The molecule has 1 unspecified atom stereocenters. The monoisotopic (exact) mass is 279 g/mol. The van der Waals surface area contributed by atoms with Crippen molar-refractivity contribution in [2.75, 3.05) is 19.0 Å². The number of nitrogens with zero attached hydrogens (tertiary/aromatic N) is 1. The molecule has 0 bridgehead atoms. The fourth-order valence-electron chi connectivity index (χ4n) is 1.31. The molecule has 0 saturated carbocycles. The molecule has 5 nitrogen and oxygen atoms in total. The molecule has 0 aliphatic carbocycles. The van der Waals surface area contributed by atoms with Crippen LogP contribution in [0.25, 0.3) is 0 Å². The zero-order valence-electron chi connectivity index (χ0n) is 10.1. The third kappa shape index (κ3) is 4.23. The number of hydrogen-bond acceptors (Lipinski definition) is 5. The van der Waals surface area contributed by atoms with Gasteiger partial charge < -0.3 is 10.5 Å². The highest BCUT2D eigenvalue weighted by Gasteiger charge is 2.17. The lowest BCUT2D eigenvalue weighted by Gasteiger charge is -2.10. The molecule has 3 N–H and O–H groups in total. The molecule has 0 aromatic carbocycles. The fourth-order valence-corrected chi connectivity index (χ4v) is 2.21. The molecule has 1 amide bonds. The Labute approximate surface area is 111 Å². The summed E-state index contributed by atoms with van der Waals surface area (Å²) in [4.78, 5) is 17.1. The molecule has 0 aliphatic rings. The van der Waals surface area contributed by atoms with Crippen molar-refractivity contribution in [1.29, 1.82) is 0 Å². The Morgan fingerprint density at radius 2 is 2.29 bits per heavy atom. The van der Waals surface area contributed by atoms with E-state index in [9.17, 15) is 4.79 Å². The lowest BCUT2D eigenvalue weighted by atomic mass is 10.3. The van der Waals surface area contributed by atoms with Gasteiger partial charge in [-0.2, -0.15) is 0 Å². The number of carbonyl (C=O) groups excluding carboxylic acids is 1. The van der Waals surface area contributed by atoms with Gasteiger partial charge in [0.05, 0.1) is 5.69 Å². The van der Waals surface area contributed by atoms with Gasteiger partial charge in [0.2, 0.25) is 0 Å². The average Bonchev–Trinajstić information content (AvgIpc) is 2.60. The first-order valence-corrected chi connectivity index (χ1v) is 5.94. The van der Waals surface area contributed by atoms with Crippen LogP contribution in [-0.4, -0.2) is 30.6 Å². The minimum absolute atomic E-state index is 0. The molecule has 1 rings (SSSR count). The molecule has 0 fully saturated rings. The molecule has 1 atom stereocenters. The Hall–Kier alpha value is -0.690. The molecule has 17 heavy (non-hydrogen) atoms. The van der Waals surface area contributed by atoms with E-state index in [-0.39, 0.29) is 24.9 Å². The molecule has 98 valence electrons. The third-order valence-electron chi connectivity index (χ3n) is 2.25. The summed E-state index contributed by atoms with van der Waals surface area (Å²) in [5, 5.41) is 3.31. The van der Waals surface area contributed by atoms with E-state index in [0.29, 0.717) is 5.13 Å². The van der Waals surface area contributed by atoms with Crippen molar-refractivity contribution in [3.8, 4) is 0 Å². The van der Waals surface area contributed by atoms with Gasteiger partial charge in [-0.15, -0.1) is 23.7 Å². The predicted molar refractivity (Wildman–Crippen MR) is 72.0 cm³/mol. The smallest absolute Gasteiger partial charge is 0.256 e. The second kappa shape index (κ2) is 7.60. The Morgan fingerprint density at radius 1 is 1.65 bits per heavy atom. The molecule has 0 aliphatic heterocycles. The van der Waals surface area contributed by atoms with Crippen molar-refractivity contribution in [3.05, 3.63) is 10.6 Å². The summed E-state index contributed by atoms with van der Waals surface area (Å²) < 4.78 is 4.94. The number of aromatic nitrogens is 1. The number of anilines is 1. The Bertz CT molecular complexity index is 366. The highest BCUT2D eigenvalue weighted by molar-refractivity contribution is 7.15. The maximum atomic E-state index is 11.6. The van der Waals surface area contributed by atoms with Gasteiger partial charge in [0, 0.05) is 18.5 Å². The predicted octanol–water partition coefficient (Wildman–Crippen LogP) is 1.35. The minimum Gasteiger partial charge on any atom is -0.370 e. The van der Waals surface area contributed by atoms with Crippen molar-refractivity contribution in [1.82, 2.24) is 4.98 Å². The molecule has 0 saturated heterocycles. The minimum atomic E-state index is -0.616. The summed E-state index contributed by atoms with van der Waals surface area (Å²) in [7, 11) is 1.46. The van der Waals surface area contributed by atoms with Gasteiger partial charge in [0.15, 0.2) is 5.13 Å². The number of amides is 1. The van der Waals surface area contributed by atoms with Crippen LogP contribution in [0, 0.1) is 6.92 Å². The van der Waals surface area contributed by atoms with Gasteiger partial charge in [-0.1, -0.05) is 6.92 Å². The van der Waals surface area contributed by atoms with Gasteiger partial charge in [-0.25, -0.2) is 4.98 Å². The number of ether oxygens (including phenoxy) is 1. The van der Waals surface area contributed by atoms with Crippen molar-refractivity contribution in [2.45, 2.75) is 26.4 Å². The van der Waals surface area contributed by atoms with Crippen LogP contribution in [0.4, 0.5) is 5.13 Å². The van der Waals surface area contributed by atoms with E-state index in [0.717, 1.165) is 17.0 Å². The van der Waals surface area contributed by atoms with E-state index in [1.54, 1.807) is 0 Å². The summed E-state index contributed by atoms with van der Waals surface area (Å²) in [6.07, 6.45) is 0.247. The van der Waals surface area contributed by atoms with Crippen LogP contribution in [0.15, 0.2) is 0 Å². The second-order valence-electron chi connectivity index (χ2n) is 3.32. The van der Waals surface area contributed by atoms with Crippen LogP contribution in [0.3, 0.4) is 0 Å². The van der Waals surface area contributed by atoms with Crippen molar-refractivity contribution < 1.29 is 9.53 Å². The van der Waals surface area contributed by atoms with E-state index in [1.807, 2.05) is 13.8 Å². The first-order chi connectivity index (χ1) is 7.62. The third-order valence-corrected chi connectivity index (χ3v) is 3.18. The number of carbonyl (C=O) groups is 1. The largest absolute Gasteiger partial charge is 0.370 e. The van der Waals surface area contributed by atoms with E-state index in [2.05, 4.69) is 10.3 Å². The van der Waals surface area contributed by atoms with Gasteiger partial charge in [-0.3, -0.25) is 10.1 Å². The number of halogens is 1. The number of nitrogens with one attached hydrogen (secondary N) is 1. The van der Waals surface area contributed by atoms with E-state index >= 15 is 0 Å². The number of nitrogens with two attached hydrogens (primary N) is 1. The molecule has 1 aromatic rings. The van der Waals surface area contributed by atoms with E-state index < -0.39 is 6.10 Å². The molecular weight excluding hydrogens is 262 g/mol. The molecule has 1 heterocycles. The SMILES string of the molecule is CCc1nc(NC(=O)C(CN)OC)sc1C.Cl. The second-order valence-corrected chi connectivity index (χ2v) is 4.53. The number of thiazole rings is 1. The van der Waals surface area contributed by atoms with Crippen molar-refractivity contribution >= 4 is 34.8 Å². The normalized spacial score (nSPS) is 11.8. The van der Waals surface area contributed by atoms with Crippen LogP contribution in [0.2, 0.25) is 0 Å².